The highest BCUT2D eigenvalue weighted by molar-refractivity contribution is 7.79. The second-order valence-corrected chi connectivity index (χ2v) is 1.53. The lowest BCUT2D eigenvalue weighted by molar-refractivity contribution is 0.112. The van der Waals surface area contributed by atoms with E-state index in [0.717, 1.165) is 11.8 Å². The summed E-state index contributed by atoms with van der Waals surface area (Å²) in [5, 5.41) is 0. The smallest absolute Gasteiger partial charge is 0.150 e. The van der Waals surface area contributed by atoms with Crippen molar-refractivity contribution in [2.24, 2.45) is 0 Å². The van der Waals surface area contributed by atoms with Gasteiger partial charge >= 0.3 is 0 Å². The minimum Gasteiger partial charge on any atom is -0.298 e. The summed E-state index contributed by atoms with van der Waals surface area (Å²) in [6.07, 6.45) is 2.53. The van der Waals surface area contributed by atoms with Crippen LogP contribution in [0, 0.1) is 0 Å². The molecule has 1 nitrogen and oxygen atoms in total. The minimum absolute atomic E-state index is 0.729. The van der Waals surface area contributed by atoms with E-state index in [-0.39, 0.29) is 0 Å². The lowest BCUT2D eigenvalue weighted by Gasteiger charge is -1.81. The van der Waals surface area contributed by atoms with Crippen molar-refractivity contribution < 1.29 is 4.79 Å². The number of rotatable bonds is 1. The average molecular weight is 154 g/mol. The van der Waals surface area contributed by atoms with E-state index < -0.39 is 0 Å². The first-order chi connectivity index (χ1) is 4.93. The van der Waals surface area contributed by atoms with E-state index in [1.807, 2.05) is 18.2 Å². The van der Waals surface area contributed by atoms with Crippen molar-refractivity contribution in [3.05, 3.63) is 35.9 Å². The molecule has 0 fully saturated rings. The predicted molar refractivity (Wildman–Crippen MR) is 46.7 cm³/mol. The molecule has 0 bridgehead atoms. The molecule has 0 aromatic heterocycles. The molecule has 0 atom stereocenters. The van der Waals surface area contributed by atoms with Gasteiger partial charge in [-0.15, -0.1) is 0 Å². The first kappa shape index (κ1) is 9.24. The van der Waals surface area contributed by atoms with Gasteiger partial charge in [-0.25, -0.2) is 0 Å². The fraction of sp³-hybridized carbons (Fsp3) is 0.125. The maximum atomic E-state index is 10.0. The number of hydrogen-bond donors (Lipinski definition) is 1. The van der Waals surface area contributed by atoms with Gasteiger partial charge in [-0.2, -0.15) is 12.6 Å². The lowest BCUT2D eigenvalue weighted by Crippen LogP contribution is -1.73. The van der Waals surface area contributed by atoms with Crippen molar-refractivity contribution in [1.29, 1.82) is 0 Å². The van der Waals surface area contributed by atoms with E-state index in [0.29, 0.717) is 0 Å². The third-order valence-corrected chi connectivity index (χ3v) is 0.936. The molecule has 0 amide bonds. The van der Waals surface area contributed by atoms with Gasteiger partial charge in [0.2, 0.25) is 0 Å². The number of aldehydes is 1. The second kappa shape index (κ2) is 6.36. The zero-order chi connectivity index (χ0) is 7.82. The summed E-state index contributed by atoms with van der Waals surface area (Å²) in [4.78, 5) is 10.0. The van der Waals surface area contributed by atoms with E-state index in [1.165, 1.54) is 0 Å². The number of carbonyl (C=O) groups excluding carboxylic acids is 1. The van der Waals surface area contributed by atoms with Crippen LogP contribution in [0.4, 0.5) is 0 Å². The molecule has 0 N–H and O–H groups in total. The first-order valence-corrected chi connectivity index (χ1v) is 3.78. The Bertz CT molecular complexity index is 172. The van der Waals surface area contributed by atoms with Crippen LogP contribution in [0.1, 0.15) is 10.4 Å². The number of carbonyl (C=O) groups is 1. The van der Waals surface area contributed by atoms with Crippen molar-refractivity contribution in [2.75, 3.05) is 6.26 Å². The van der Waals surface area contributed by atoms with Gasteiger partial charge in [-0.05, 0) is 6.26 Å². The highest BCUT2D eigenvalue weighted by Gasteiger charge is 1.79. The molecule has 0 saturated carbocycles. The van der Waals surface area contributed by atoms with Gasteiger partial charge < -0.3 is 0 Å². The maximum absolute atomic E-state index is 10.0. The highest BCUT2D eigenvalue weighted by atomic mass is 32.1. The SMILES string of the molecule is CS.O=Cc1ccccc1. The van der Waals surface area contributed by atoms with Crippen LogP contribution in [0.3, 0.4) is 0 Å². The van der Waals surface area contributed by atoms with Gasteiger partial charge in [-0.1, -0.05) is 30.3 Å². The molecule has 54 valence electrons. The van der Waals surface area contributed by atoms with Crippen LogP contribution in [-0.2, 0) is 0 Å². The Labute approximate surface area is 66.5 Å². The predicted octanol–water partition coefficient (Wildman–Crippen LogP) is 2.05. The van der Waals surface area contributed by atoms with Gasteiger partial charge in [-0.3, -0.25) is 4.79 Å². The van der Waals surface area contributed by atoms with Crippen LogP contribution in [0.2, 0.25) is 0 Å². The molecule has 0 radical (unpaired) electrons. The summed E-state index contributed by atoms with van der Waals surface area (Å²) in [6, 6.07) is 9.10. The number of benzene rings is 1. The van der Waals surface area contributed by atoms with Crippen LogP contribution in [-0.4, -0.2) is 12.5 Å². The van der Waals surface area contributed by atoms with Crippen molar-refractivity contribution in [1.82, 2.24) is 0 Å². The largest absolute Gasteiger partial charge is 0.298 e. The Hall–Kier alpha value is -0.760. The lowest BCUT2D eigenvalue weighted by atomic mass is 10.2. The van der Waals surface area contributed by atoms with Crippen LogP contribution in [0.15, 0.2) is 30.3 Å². The molecule has 0 heterocycles. The summed E-state index contributed by atoms with van der Waals surface area (Å²) in [5.74, 6) is 0. The van der Waals surface area contributed by atoms with Crippen LogP contribution in [0.25, 0.3) is 0 Å². The van der Waals surface area contributed by atoms with E-state index in [9.17, 15) is 4.79 Å². The Morgan fingerprint density at radius 3 is 2.00 bits per heavy atom. The van der Waals surface area contributed by atoms with E-state index in [1.54, 1.807) is 18.4 Å². The maximum Gasteiger partial charge on any atom is 0.150 e. The number of thiol groups is 1. The summed E-state index contributed by atoms with van der Waals surface area (Å²) < 4.78 is 0. The van der Waals surface area contributed by atoms with Gasteiger partial charge in [0.05, 0.1) is 0 Å². The Morgan fingerprint density at radius 1 is 1.20 bits per heavy atom. The fourth-order valence-electron chi connectivity index (χ4n) is 0.532. The summed E-state index contributed by atoms with van der Waals surface area (Å²) in [6.45, 7) is 0. The molecule has 0 aliphatic heterocycles. The quantitative estimate of drug-likeness (QED) is 0.484. The first-order valence-electron chi connectivity index (χ1n) is 2.88. The van der Waals surface area contributed by atoms with Crippen molar-refractivity contribution in [2.45, 2.75) is 0 Å². The molecule has 0 saturated heterocycles. The third-order valence-electron chi connectivity index (χ3n) is 0.936. The molecular formula is C8H10OS. The molecule has 0 aliphatic rings. The van der Waals surface area contributed by atoms with Gasteiger partial charge in [0.1, 0.15) is 6.29 Å². The third kappa shape index (κ3) is 3.30. The summed E-state index contributed by atoms with van der Waals surface area (Å²) in [7, 11) is 0. The Morgan fingerprint density at radius 2 is 1.70 bits per heavy atom. The molecule has 0 unspecified atom stereocenters. The van der Waals surface area contributed by atoms with Crippen LogP contribution in [0.5, 0.6) is 0 Å². The Balaban J connectivity index is 0.000000371. The van der Waals surface area contributed by atoms with Crippen LogP contribution < -0.4 is 0 Å². The zero-order valence-corrected chi connectivity index (χ0v) is 6.71. The van der Waals surface area contributed by atoms with E-state index >= 15 is 0 Å². The van der Waals surface area contributed by atoms with Crippen molar-refractivity contribution >= 4 is 18.9 Å². The zero-order valence-electron chi connectivity index (χ0n) is 5.82. The van der Waals surface area contributed by atoms with E-state index in [4.69, 9.17) is 0 Å². The number of hydrogen-bond acceptors (Lipinski definition) is 2. The monoisotopic (exact) mass is 154 g/mol. The molecular weight excluding hydrogens is 144 g/mol. The minimum atomic E-state index is 0.729. The molecule has 0 aliphatic carbocycles. The molecule has 10 heavy (non-hydrogen) atoms. The Kier molecular flexibility index (Phi) is 5.88. The van der Waals surface area contributed by atoms with E-state index in [2.05, 4.69) is 12.6 Å². The average Bonchev–Trinajstić information content (AvgIpc) is 2.10. The summed E-state index contributed by atoms with van der Waals surface area (Å²) in [5.41, 5.74) is 0.729. The molecule has 1 rings (SSSR count). The molecule has 1 aromatic rings. The fourth-order valence-corrected chi connectivity index (χ4v) is 0.532. The van der Waals surface area contributed by atoms with Crippen LogP contribution >= 0.6 is 12.6 Å². The van der Waals surface area contributed by atoms with Gasteiger partial charge in [0, 0.05) is 5.56 Å². The molecule has 2 heteroatoms. The standard InChI is InChI=1S/C7H6O.CH4S/c8-6-7-4-2-1-3-5-7;1-2/h1-6H;2H,1H3. The summed E-state index contributed by atoms with van der Waals surface area (Å²) >= 11 is 3.53. The van der Waals surface area contributed by atoms with Gasteiger partial charge in [0.15, 0.2) is 0 Å². The van der Waals surface area contributed by atoms with Gasteiger partial charge in [0.25, 0.3) is 0 Å². The topological polar surface area (TPSA) is 17.1 Å². The highest BCUT2D eigenvalue weighted by Crippen LogP contribution is 1.91. The van der Waals surface area contributed by atoms with Crippen molar-refractivity contribution in [3.63, 3.8) is 0 Å². The molecule has 0 spiro atoms. The normalized spacial score (nSPS) is 7.40. The van der Waals surface area contributed by atoms with Crippen molar-refractivity contribution in [3.8, 4) is 0 Å². The second-order valence-electron chi connectivity index (χ2n) is 1.53. The molecule has 1 aromatic carbocycles.